The summed E-state index contributed by atoms with van der Waals surface area (Å²) in [5.74, 6) is 0. The van der Waals surface area contributed by atoms with E-state index in [1.807, 2.05) is 0 Å². The molecule has 0 radical (unpaired) electrons. The van der Waals surface area contributed by atoms with Crippen molar-refractivity contribution in [3.8, 4) is 0 Å². The standard InChI is InChI=1S/C11H25Cl2PSi/c1-9(2)14(10(3,4)5)15(12,13)11(6,7)8/h9H,1-8H3. The Bertz CT molecular complexity index is 214. The molecule has 0 bridgehead atoms. The minimum Gasteiger partial charge on any atom is -0.139 e. The van der Waals surface area contributed by atoms with E-state index in [-0.39, 0.29) is 17.7 Å². The van der Waals surface area contributed by atoms with Gasteiger partial charge in [0.15, 0.2) is 0 Å². The maximum Gasteiger partial charge on any atom is 0.280 e. The molecule has 1 atom stereocenters. The first-order valence-electron chi connectivity index (χ1n) is 5.49. The summed E-state index contributed by atoms with van der Waals surface area (Å²) in [5, 5.41) is 0.297. The van der Waals surface area contributed by atoms with E-state index in [0.717, 1.165) is 0 Å². The first-order valence-corrected chi connectivity index (χ1v) is 11.8. The van der Waals surface area contributed by atoms with Crippen LogP contribution in [0.25, 0.3) is 0 Å². The summed E-state index contributed by atoms with van der Waals surface area (Å²) in [5.41, 5.74) is 0.598. The average molecular weight is 287 g/mol. The first kappa shape index (κ1) is 16.2. The van der Waals surface area contributed by atoms with Crippen LogP contribution >= 0.6 is 29.6 Å². The maximum atomic E-state index is 6.79. The lowest BCUT2D eigenvalue weighted by molar-refractivity contribution is 0.741. The Labute approximate surface area is 107 Å². The SMILES string of the molecule is CC(C)P(C(C)(C)C)[Si](Cl)(Cl)C(C)(C)C. The second-order valence-electron chi connectivity index (χ2n) is 6.43. The van der Waals surface area contributed by atoms with E-state index in [4.69, 9.17) is 22.2 Å². The number of hydrogen-bond acceptors (Lipinski definition) is 0. The minimum atomic E-state index is -2.22. The maximum absolute atomic E-state index is 6.79. The van der Waals surface area contributed by atoms with Gasteiger partial charge in [0.25, 0.3) is 6.36 Å². The predicted octanol–water partition coefficient (Wildman–Crippen LogP) is 5.89. The lowest BCUT2D eigenvalue weighted by Crippen LogP contribution is -2.39. The summed E-state index contributed by atoms with van der Waals surface area (Å²) >= 11 is 13.6. The summed E-state index contributed by atoms with van der Waals surface area (Å²) in [7, 11) is -0.322. The quantitative estimate of drug-likeness (QED) is 0.337. The van der Waals surface area contributed by atoms with Crippen LogP contribution in [0, 0.1) is 0 Å². The lowest BCUT2D eigenvalue weighted by Gasteiger charge is -2.47. The Morgan fingerprint density at radius 2 is 1.27 bits per heavy atom. The third-order valence-corrected chi connectivity index (χ3v) is 21.4. The van der Waals surface area contributed by atoms with Crippen molar-refractivity contribution >= 4 is 36.0 Å². The molecular formula is C11H25Cl2PSi. The molecule has 92 valence electrons. The molecule has 0 saturated carbocycles. The van der Waals surface area contributed by atoms with E-state index >= 15 is 0 Å². The van der Waals surface area contributed by atoms with Crippen LogP contribution in [-0.2, 0) is 0 Å². The van der Waals surface area contributed by atoms with Crippen molar-refractivity contribution in [2.45, 2.75) is 71.2 Å². The van der Waals surface area contributed by atoms with E-state index < -0.39 is 6.36 Å². The molecule has 0 rings (SSSR count). The van der Waals surface area contributed by atoms with Gasteiger partial charge in [-0.2, -0.15) is 0 Å². The normalized spacial score (nSPS) is 17.0. The predicted molar refractivity (Wildman–Crippen MR) is 79.0 cm³/mol. The van der Waals surface area contributed by atoms with Crippen molar-refractivity contribution in [3.63, 3.8) is 0 Å². The molecule has 0 N–H and O–H groups in total. The highest BCUT2D eigenvalue weighted by atomic mass is 35.7. The van der Waals surface area contributed by atoms with Gasteiger partial charge < -0.3 is 0 Å². The zero-order valence-corrected chi connectivity index (χ0v) is 14.7. The highest BCUT2D eigenvalue weighted by Gasteiger charge is 2.53. The van der Waals surface area contributed by atoms with Crippen LogP contribution < -0.4 is 0 Å². The Morgan fingerprint density at radius 1 is 0.933 bits per heavy atom. The van der Waals surface area contributed by atoms with Crippen molar-refractivity contribution in [1.29, 1.82) is 0 Å². The molecule has 0 aromatic heterocycles. The molecule has 4 heteroatoms. The van der Waals surface area contributed by atoms with E-state index in [2.05, 4.69) is 55.4 Å². The third kappa shape index (κ3) is 3.87. The molecule has 1 unspecified atom stereocenters. The summed E-state index contributed by atoms with van der Waals surface area (Å²) in [6, 6.07) is 0. The summed E-state index contributed by atoms with van der Waals surface area (Å²) in [6.07, 6.45) is -2.22. The van der Waals surface area contributed by atoms with Gasteiger partial charge in [0.2, 0.25) is 0 Å². The molecule has 0 aliphatic carbocycles. The largest absolute Gasteiger partial charge is 0.280 e. The Hall–Kier alpha value is 1.23. The third-order valence-electron chi connectivity index (χ3n) is 2.44. The van der Waals surface area contributed by atoms with Crippen LogP contribution in [0.5, 0.6) is 0 Å². The Balaban J connectivity index is 5.28. The summed E-state index contributed by atoms with van der Waals surface area (Å²) < 4.78 is 0. The van der Waals surface area contributed by atoms with Gasteiger partial charge in [0.1, 0.15) is 0 Å². The Kier molecular flexibility index (Phi) is 5.24. The molecule has 0 spiro atoms. The number of halogens is 2. The van der Waals surface area contributed by atoms with Crippen molar-refractivity contribution in [2.24, 2.45) is 0 Å². The average Bonchev–Trinajstić information content (AvgIpc) is 1.76. The van der Waals surface area contributed by atoms with Gasteiger partial charge in [-0.05, 0) is 15.9 Å². The minimum absolute atomic E-state index is 0.0549. The van der Waals surface area contributed by atoms with Crippen LogP contribution in [0.15, 0.2) is 0 Å². The van der Waals surface area contributed by atoms with Gasteiger partial charge in [-0.3, -0.25) is 0 Å². The highest BCUT2D eigenvalue weighted by molar-refractivity contribution is 8.12. The van der Waals surface area contributed by atoms with Crippen LogP contribution in [0.4, 0.5) is 0 Å². The van der Waals surface area contributed by atoms with Crippen LogP contribution in [0.3, 0.4) is 0 Å². The van der Waals surface area contributed by atoms with Gasteiger partial charge >= 0.3 is 0 Å². The molecule has 0 aliphatic heterocycles. The van der Waals surface area contributed by atoms with Gasteiger partial charge in [-0.1, -0.05) is 62.9 Å². The highest BCUT2D eigenvalue weighted by Crippen LogP contribution is 2.70. The molecule has 0 aromatic rings. The molecule has 0 heterocycles. The van der Waals surface area contributed by atoms with Gasteiger partial charge in [0, 0.05) is 0 Å². The second-order valence-corrected chi connectivity index (χ2v) is 21.1. The number of hydrogen-bond donors (Lipinski definition) is 0. The summed E-state index contributed by atoms with van der Waals surface area (Å²) in [6.45, 7) is 17.9. The van der Waals surface area contributed by atoms with Crippen LogP contribution in [0.1, 0.15) is 55.4 Å². The van der Waals surface area contributed by atoms with E-state index in [1.54, 1.807) is 0 Å². The number of rotatable bonds is 2. The molecule has 0 saturated heterocycles. The van der Waals surface area contributed by atoms with Crippen molar-refractivity contribution in [2.75, 3.05) is 0 Å². The van der Waals surface area contributed by atoms with Crippen molar-refractivity contribution < 1.29 is 0 Å². The van der Waals surface area contributed by atoms with Gasteiger partial charge in [0.05, 0.1) is 0 Å². The van der Waals surface area contributed by atoms with Crippen molar-refractivity contribution in [3.05, 3.63) is 0 Å². The van der Waals surface area contributed by atoms with Gasteiger partial charge in [-0.25, -0.2) is 0 Å². The molecule has 0 amide bonds. The monoisotopic (exact) mass is 286 g/mol. The van der Waals surface area contributed by atoms with Crippen molar-refractivity contribution in [1.82, 2.24) is 0 Å². The molecule has 0 nitrogen and oxygen atoms in total. The molecule has 0 aliphatic rings. The lowest BCUT2D eigenvalue weighted by atomic mass is 10.3. The van der Waals surface area contributed by atoms with E-state index in [9.17, 15) is 0 Å². The van der Waals surface area contributed by atoms with Crippen LogP contribution in [-0.4, -0.2) is 17.2 Å². The molecule has 0 aromatic carbocycles. The Morgan fingerprint density at radius 3 is 1.33 bits per heavy atom. The van der Waals surface area contributed by atoms with E-state index in [1.165, 1.54) is 0 Å². The fraction of sp³-hybridized carbons (Fsp3) is 1.00. The molecule has 15 heavy (non-hydrogen) atoms. The van der Waals surface area contributed by atoms with Crippen LogP contribution in [0.2, 0.25) is 5.04 Å². The topological polar surface area (TPSA) is 0 Å². The van der Waals surface area contributed by atoms with E-state index in [0.29, 0.717) is 5.66 Å². The summed E-state index contributed by atoms with van der Waals surface area (Å²) in [4.78, 5) is 0. The molecule has 0 fully saturated rings. The first-order chi connectivity index (χ1) is 6.32. The second kappa shape index (κ2) is 4.84. The fourth-order valence-corrected chi connectivity index (χ4v) is 20.4. The van der Waals surface area contributed by atoms with Gasteiger partial charge in [-0.15, -0.1) is 22.2 Å². The zero-order chi connectivity index (χ0) is 12.7. The fourth-order valence-electron chi connectivity index (χ4n) is 1.88. The molecular weight excluding hydrogens is 262 g/mol. The zero-order valence-electron chi connectivity index (χ0n) is 11.3. The smallest absolute Gasteiger partial charge is 0.139 e.